The van der Waals surface area contributed by atoms with E-state index in [1.807, 2.05) is 37.3 Å². The molecule has 6 heteroatoms. The second kappa shape index (κ2) is 8.44. The normalized spacial score (nSPS) is 12.4. The van der Waals surface area contributed by atoms with Crippen LogP contribution in [0.5, 0.6) is 0 Å². The molecule has 0 saturated heterocycles. The van der Waals surface area contributed by atoms with E-state index in [4.69, 9.17) is 0 Å². The van der Waals surface area contributed by atoms with Crippen LogP contribution in [-0.4, -0.2) is 19.9 Å². The van der Waals surface area contributed by atoms with Gasteiger partial charge in [-0.3, -0.25) is 4.31 Å². The highest BCUT2D eigenvalue weighted by Crippen LogP contribution is 2.25. The number of nitrogens with one attached hydrogen (secondary N) is 1. The third-order valence-corrected chi connectivity index (χ3v) is 6.56. The van der Waals surface area contributed by atoms with E-state index in [1.54, 1.807) is 24.3 Å². The second-order valence-electron chi connectivity index (χ2n) is 6.61. The molecule has 3 rings (SSSR count). The molecular formula is C22H25N3O2S. The smallest absolute Gasteiger partial charge is 0.265 e. The quantitative estimate of drug-likeness (QED) is 0.625. The number of para-hydroxylation sites is 1. The maximum Gasteiger partial charge on any atom is 0.265 e. The molecule has 0 spiro atoms. The fourth-order valence-corrected chi connectivity index (χ4v) is 4.62. The molecule has 0 radical (unpaired) electrons. The summed E-state index contributed by atoms with van der Waals surface area (Å²) < 4.78 is 27.4. The minimum absolute atomic E-state index is 0.0626. The van der Waals surface area contributed by atoms with Crippen molar-refractivity contribution in [2.24, 2.45) is 0 Å². The number of aryl methyl sites for hydroxylation is 1. The first-order chi connectivity index (χ1) is 13.4. The summed E-state index contributed by atoms with van der Waals surface area (Å²) >= 11 is 0. The number of hydrogen-bond acceptors (Lipinski definition) is 4. The highest BCUT2D eigenvalue weighted by Gasteiger charge is 2.24. The van der Waals surface area contributed by atoms with Gasteiger partial charge in [0.1, 0.15) is 10.7 Å². The lowest BCUT2D eigenvalue weighted by molar-refractivity contribution is 0.591. The molecule has 1 heterocycles. The summed E-state index contributed by atoms with van der Waals surface area (Å²) in [6.45, 7) is 6.29. The first-order valence-corrected chi connectivity index (χ1v) is 10.7. The van der Waals surface area contributed by atoms with Gasteiger partial charge in [-0.1, -0.05) is 42.5 Å². The third kappa shape index (κ3) is 4.17. The molecule has 146 valence electrons. The van der Waals surface area contributed by atoms with E-state index in [0.717, 1.165) is 0 Å². The lowest BCUT2D eigenvalue weighted by atomic mass is 10.0. The summed E-state index contributed by atoms with van der Waals surface area (Å²) in [7, 11) is -3.67. The van der Waals surface area contributed by atoms with Gasteiger partial charge in [0, 0.05) is 12.7 Å². The number of nitrogens with zero attached hydrogens (tertiary/aromatic N) is 2. The lowest BCUT2D eigenvalue weighted by Gasteiger charge is -2.23. The Balaban J connectivity index is 1.81. The van der Waals surface area contributed by atoms with Crippen LogP contribution in [-0.2, 0) is 10.0 Å². The standard InChI is InChI=1S/C22H25N3O2S/c1-4-25(19-11-6-5-7-12-19)28(26,27)20-14-15-22(23-16-20)24-18(3)21-13-9-8-10-17(21)2/h5-16,18H,4H2,1-3H3,(H,23,24). The van der Waals surface area contributed by atoms with Gasteiger partial charge in [-0.05, 0) is 56.2 Å². The SMILES string of the molecule is CCN(c1ccccc1)S(=O)(=O)c1ccc(NC(C)c2ccccc2C)nc1. The molecule has 1 atom stereocenters. The molecule has 0 bridgehead atoms. The zero-order valence-electron chi connectivity index (χ0n) is 16.3. The minimum Gasteiger partial charge on any atom is -0.364 e. The second-order valence-corrected chi connectivity index (χ2v) is 8.47. The van der Waals surface area contributed by atoms with Gasteiger partial charge in [-0.25, -0.2) is 13.4 Å². The molecule has 0 saturated carbocycles. The summed E-state index contributed by atoms with van der Waals surface area (Å²) in [4.78, 5) is 4.51. The monoisotopic (exact) mass is 395 g/mol. The molecule has 0 aliphatic rings. The number of aromatic nitrogens is 1. The van der Waals surface area contributed by atoms with Crippen molar-refractivity contribution in [2.45, 2.75) is 31.7 Å². The summed E-state index contributed by atoms with van der Waals surface area (Å²) in [6.07, 6.45) is 1.41. The predicted octanol–water partition coefficient (Wildman–Crippen LogP) is 4.78. The van der Waals surface area contributed by atoms with E-state index in [0.29, 0.717) is 18.1 Å². The topological polar surface area (TPSA) is 62.3 Å². The Bertz CT molecular complexity index is 1020. The zero-order valence-corrected chi connectivity index (χ0v) is 17.1. The number of hydrogen-bond donors (Lipinski definition) is 1. The first kappa shape index (κ1) is 19.9. The van der Waals surface area contributed by atoms with Gasteiger partial charge < -0.3 is 5.32 Å². The molecular weight excluding hydrogens is 370 g/mol. The molecule has 1 unspecified atom stereocenters. The van der Waals surface area contributed by atoms with Gasteiger partial charge >= 0.3 is 0 Å². The van der Waals surface area contributed by atoms with E-state index >= 15 is 0 Å². The van der Waals surface area contributed by atoms with E-state index < -0.39 is 10.0 Å². The highest BCUT2D eigenvalue weighted by molar-refractivity contribution is 7.92. The van der Waals surface area contributed by atoms with Crippen LogP contribution in [0.25, 0.3) is 0 Å². The van der Waals surface area contributed by atoms with Crippen LogP contribution >= 0.6 is 0 Å². The fourth-order valence-electron chi connectivity index (χ4n) is 3.20. The molecule has 1 N–H and O–H groups in total. The number of rotatable bonds is 7. The van der Waals surface area contributed by atoms with Crippen molar-refractivity contribution in [2.75, 3.05) is 16.2 Å². The molecule has 3 aromatic rings. The Morgan fingerprint density at radius 3 is 2.29 bits per heavy atom. The molecule has 5 nitrogen and oxygen atoms in total. The maximum absolute atomic E-state index is 13.0. The molecule has 2 aromatic carbocycles. The van der Waals surface area contributed by atoms with E-state index in [9.17, 15) is 8.42 Å². The summed E-state index contributed by atoms with van der Waals surface area (Å²) in [5.74, 6) is 0.637. The number of benzene rings is 2. The van der Waals surface area contributed by atoms with Crippen LogP contribution in [0.3, 0.4) is 0 Å². The van der Waals surface area contributed by atoms with Crippen LogP contribution in [0.4, 0.5) is 11.5 Å². The highest BCUT2D eigenvalue weighted by atomic mass is 32.2. The zero-order chi connectivity index (χ0) is 20.1. The van der Waals surface area contributed by atoms with Gasteiger partial charge in [0.15, 0.2) is 0 Å². The van der Waals surface area contributed by atoms with Crippen LogP contribution in [0.1, 0.15) is 31.0 Å². The predicted molar refractivity (Wildman–Crippen MR) is 114 cm³/mol. The Hall–Kier alpha value is -2.86. The Labute approximate surface area is 167 Å². The molecule has 28 heavy (non-hydrogen) atoms. The minimum atomic E-state index is -3.67. The summed E-state index contributed by atoms with van der Waals surface area (Å²) in [5.41, 5.74) is 3.02. The van der Waals surface area contributed by atoms with Crippen LogP contribution < -0.4 is 9.62 Å². The molecule has 0 aliphatic heterocycles. The number of anilines is 2. The van der Waals surface area contributed by atoms with Crippen LogP contribution in [0.15, 0.2) is 77.8 Å². The van der Waals surface area contributed by atoms with Gasteiger partial charge in [-0.15, -0.1) is 0 Å². The van der Waals surface area contributed by atoms with E-state index in [1.165, 1.54) is 21.6 Å². The first-order valence-electron chi connectivity index (χ1n) is 9.29. The average Bonchev–Trinajstić information content (AvgIpc) is 2.70. The lowest BCUT2D eigenvalue weighted by Crippen LogP contribution is -2.30. The maximum atomic E-state index is 13.0. The summed E-state index contributed by atoms with van der Waals surface area (Å²) in [6, 6.07) is 20.6. The third-order valence-electron chi connectivity index (χ3n) is 4.68. The molecule has 1 aromatic heterocycles. The van der Waals surface area contributed by atoms with E-state index in [2.05, 4.69) is 36.3 Å². The summed E-state index contributed by atoms with van der Waals surface area (Å²) in [5, 5.41) is 3.33. The van der Waals surface area contributed by atoms with Gasteiger partial charge in [0.25, 0.3) is 10.0 Å². The number of pyridine rings is 1. The van der Waals surface area contributed by atoms with Crippen molar-refractivity contribution in [3.63, 3.8) is 0 Å². The Morgan fingerprint density at radius 2 is 1.68 bits per heavy atom. The van der Waals surface area contributed by atoms with Crippen molar-refractivity contribution in [1.82, 2.24) is 4.98 Å². The number of sulfonamides is 1. The van der Waals surface area contributed by atoms with Gasteiger partial charge in [-0.2, -0.15) is 0 Å². The van der Waals surface area contributed by atoms with Crippen molar-refractivity contribution >= 4 is 21.5 Å². The van der Waals surface area contributed by atoms with Crippen LogP contribution in [0, 0.1) is 6.92 Å². The van der Waals surface area contributed by atoms with Crippen molar-refractivity contribution in [3.05, 3.63) is 84.1 Å². The van der Waals surface area contributed by atoms with Crippen molar-refractivity contribution in [1.29, 1.82) is 0 Å². The van der Waals surface area contributed by atoms with E-state index in [-0.39, 0.29) is 10.9 Å². The Kier molecular flexibility index (Phi) is 5.99. The molecule has 0 amide bonds. The van der Waals surface area contributed by atoms with Crippen molar-refractivity contribution in [3.8, 4) is 0 Å². The van der Waals surface area contributed by atoms with Crippen molar-refractivity contribution < 1.29 is 8.42 Å². The largest absolute Gasteiger partial charge is 0.364 e. The Morgan fingerprint density at radius 1 is 1.00 bits per heavy atom. The molecule has 0 aliphatic carbocycles. The van der Waals surface area contributed by atoms with Gasteiger partial charge in [0.2, 0.25) is 0 Å². The molecule has 0 fully saturated rings. The average molecular weight is 396 g/mol. The van der Waals surface area contributed by atoms with Crippen LogP contribution in [0.2, 0.25) is 0 Å². The fraction of sp³-hybridized carbons (Fsp3) is 0.227. The van der Waals surface area contributed by atoms with Gasteiger partial charge in [0.05, 0.1) is 11.7 Å².